The number of thiazole rings is 1. The lowest BCUT2D eigenvalue weighted by molar-refractivity contribution is -0.114. The molecule has 1 aromatic heterocycles. The summed E-state index contributed by atoms with van der Waals surface area (Å²) in [6.45, 7) is 5.13. The highest BCUT2D eigenvalue weighted by Crippen LogP contribution is 2.21. The number of carbonyl (C=O) groups is 2. The summed E-state index contributed by atoms with van der Waals surface area (Å²) >= 11 is 1.36. The number of ketones is 1. The minimum Gasteiger partial charge on any atom is -0.486 e. The van der Waals surface area contributed by atoms with Crippen molar-refractivity contribution in [2.45, 2.75) is 27.4 Å². The molecular formula is C15H16N2O3S. The number of hydrogen-bond donors (Lipinski definition) is 1. The summed E-state index contributed by atoms with van der Waals surface area (Å²) in [5.74, 6) is 0.593. The summed E-state index contributed by atoms with van der Waals surface area (Å²) in [6, 6.07) is 7.09. The number of carbonyl (C=O) groups excluding carboxylic acids is 2. The maximum absolute atomic E-state index is 11.4. The summed E-state index contributed by atoms with van der Waals surface area (Å²) in [5, 5.41) is 3.45. The second-order valence-corrected chi connectivity index (χ2v) is 5.66. The molecule has 1 amide bonds. The number of nitrogens with one attached hydrogen (secondary N) is 1. The highest BCUT2D eigenvalue weighted by atomic mass is 32.1. The molecule has 0 bridgehead atoms. The van der Waals surface area contributed by atoms with Gasteiger partial charge in [-0.3, -0.25) is 9.59 Å². The highest BCUT2D eigenvalue weighted by molar-refractivity contribution is 7.13. The van der Waals surface area contributed by atoms with Crippen LogP contribution in [0.15, 0.2) is 24.3 Å². The van der Waals surface area contributed by atoms with Crippen molar-refractivity contribution in [2.24, 2.45) is 0 Å². The van der Waals surface area contributed by atoms with Crippen molar-refractivity contribution in [2.75, 3.05) is 5.32 Å². The van der Waals surface area contributed by atoms with Crippen molar-refractivity contribution in [1.82, 2.24) is 4.98 Å². The predicted octanol–water partition coefficient (Wildman–Crippen LogP) is 3.19. The fourth-order valence-corrected chi connectivity index (χ4v) is 2.70. The van der Waals surface area contributed by atoms with Crippen LogP contribution in [0.4, 0.5) is 5.69 Å². The smallest absolute Gasteiger partial charge is 0.221 e. The number of Topliss-reactive ketones (excluding diaryl/α,β-unsaturated/α-hetero) is 1. The zero-order chi connectivity index (χ0) is 15.4. The van der Waals surface area contributed by atoms with Crippen LogP contribution in [0, 0.1) is 6.92 Å². The summed E-state index contributed by atoms with van der Waals surface area (Å²) in [5.41, 5.74) is 1.46. The maximum atomic E-state index is 11.4. The molecule has 2 rings (SSSR count). The Hall–Kier alpha value is -2.21. The number of aromatic nitrogens is 1. The third-order valence-corrected chi connectivity index (χ3v) is 3.93. The lowest BCUT2D eigenvalue weighted by Crippen LogP contribution is -2.05. The molecule has 0 unspecified atom stereocenters. The Labute approximate surface area is 127 Å². The lowest BCUT2D eigenvalue weighted by atomic mass is 10.3. The third-order valence-electron chi connectivity index (χ3n) is 2.70. The van der Waals surface area contributed by atoms with Crippen molar-refractivity contribution < 1.29 is 14.3 Å². The van der Waals surface area contributed by atoms with Gasteiger partial charge in [-0.25, -0.2) is 4.98 Å². The van der Waals surface area contributed by atoms with E-state index in [9.17, 15) is 9.59 Å². The molecule has 0 saturated heterocycles. The number of amides is 1. The van der Waals surface area contributed by atoms with Crippen LogP contribution in [0.2, 0.25) is 0 Å². The van der Waals surface area contributed by atoms with Crippen LogP contribution < -0.4 is 10.1 Å². The van der Waals surface area contributed by atoms with Gasteiger partial charge in [-0.2, -0.15) is 0 Å². The van der Waals surface area contributed by atoms with Crippen molar-refractivity contribution in [3.8, 4) is 5.75 Å². The first-order valence-corrected chi connectivity index (χ1v) is 7.25. The van der Waals surface area contributed by atoms with E-state index in [0.29, 0.717) is 17.2 Å². The molecule has 0 fully saturated rings. The van der Waals surface area contributed by atoms with Crippen molar-refractivity contribution in [3.63, 3.8) is 0 Å². The van der Waals surface area contributed by atoms with Gasteiger partial charge < -0.3 is 10.1 Å². The molecular weight excluding hydrogens is 288 g/mol. The minimum absolute atomic E-state index is 0.0240. The quantitative estimate of drug-likeness (QED) is 0.861. The summed E-state index contributed by atoms with van der Waals surface area (Å²) in [6.07, 6.45) is 0. The minimum atomic E-state index is -0.112. The van der Waals surface area contributed by atoms with Gasteiger partial charge in [0.1, 0.15) is 17.4 Å². The molecule has 1 heterocycles. The standard InChI is InChI=1S/C15H16N2O3S/c1-9-15(10(2)18)21-14(16-9)8-20-13-6-4-12(5-7-13)17-11(3)19/h4-7H,8H2,1-3H3,(H,17,19). The number of anilines is 1. The lowest BCUT2D eigenvalue weighted by Gasteiger charge is -2.06. The Morgan fingerprint density at radius 2 is 1.90 bits per heavy atom. The normalized spacial score (nSPS) is 10.2. The van der Waals surface area contributed by atoms with E-state index < -0.39 is 0 Å². The average Bonchev–Trinajstić information content (AvgIpc) is 2.79. The Balaban J connectivity index is 1.98. The van der Waals surface area contributed by atoms with Crippen LogP contribution in [0.1, 0.15) is 34.2 Å². The Bertz CT molecular complexity index is 662. The van der Waals surface area contributed by atoms with E-state index in [2.05, 4.69) is 10.3 Å². The van der Waals surface area contributed by atoms with Crippen LogP contribution >= 0.6 is 11.3 Å². The van der Waals surface area contributed by atoms with E-state index in [-0.39, 0.29) is 11.7 Å². The molecule has 0 saturated carbocycles. The molecule has 110 valence electrons. The number of hydrogen-bond acceptors (Lipinski definition) is 5. The summed E-state index contributed by atoms with van der Waals surface area (Å²) in [7, 11) is 0. The van der Waals surface area contributed by atoms with Gasteiger partial charge in [0, 0.05) is 19.5 Å². The van der Waals surface area contributed by atoms with Crippen molar-refractivity contribution >= 4 is 28.7 Å². The zero-order valence-corrected chi connectivity index (χ0v) is 12.9. The average molecular weight is 304 g/mol. The molecule has 0 aliphatic heterocycles. The monoisotopic (exact) mass is 304 g/mol. The van der Waals surface area contributed by atoms with Crippen LogP contribution in [0.5, 0.6) is 5.75 Å². The first-order chi connectivity index (χ1) is 9.95. The largest absolute Gasteiger partial charge is 0.486 e. The molecule has 0 radical (unpaired) electrons. The van der Waals surface area contributed by atoms with Crippen molar-refractivity contribution in [1.29, 1.82) is 0 Å². The first-order valence-electron chi connectivity index (χ1n) is 6.43. The number of rotatable bonds is 5. The number of benzene rings is 1. The Morgan fingerprint density at radius 1 is 1.24 bits per heavy atom. The molecule has 0 aliphatic carbocycles. The van der Waals surface area contributed by atoms with Crippen LogP contribution in [0.25, 0.3) is 0 Å². The Kier molecular flexibility index (Phi) is 4.70. The second kappa shape index (κ2) is 6.49. The van der Waals surface area contributed by atoms with Gasteiger partial charge in [0.2, 0.25) is 5.91 Å². The van der Waals surface area contributed by atoms with Gasteiger partial charge in [-0.15, -0.1) is 11.3 Å². The van der Waals surface area contributed by atoms with E-state index in [1.165, 1.54) is 25.2 Å². The molecule has 1 aromatic carbocycles. The van der Waals surface area contributed by atoms with E-state index >= 15 is 0 Å². The van der Waals surface area contributed by atoms with Crippen LogP contribution in [0.3, 0.4) is 0 Å². The van der Waals surface area contributed by atoms with Crippen molar-refractivity contribution in [3.05, 3.63) is 39.8 Å². The number of aryl methyl sites for hydroxylation is 1. The zero-order valence-electron chi connectivity index (χ0n) is 12.1. The van der Waals surface area contributed by atoms with Gasteiger partial charge in [0.15, 0.2) is 5.78 Å². The fraction of sp³-hybridized carbons (Fsp3) is 0.267. The molecule has 0 atom stereocenters. The molecule has 0 aliphatic rings. The fourth-order valence-electron chi connectivity index (χ4n) is 1.82. The predicted molar refractivity (Wildman–Crippen MR) is 81.9 cm³/mol. The van der Waals surface area contributed by atoms with E-state index in [4.69, 9.17) is 4.74 Å². The highest BCUT2D eigenvalue weighted by Gasteiger charge is 2.11. The van der Waals surface area contributed by atoms with E-state index in [0.717, 1.165) is 16.4 Å². The molecule has 5 nitrogen and oxygen atoms in total. The molecule has 1 N–H and O–H groups in total. The van der Waals surface area contributed by atoms with E-state index in [1.54, 1.807) is 24.3 Å². The number of nitrogens with zero attached hydrogens (tertiary/aromatic N) is 1. The van der Waals surface area contributed by atoms with Crippen LogP contribution in [-0.2, 0) is 11.4 Å². The van der Waals surface area contributed by atoms with Gasteiger partial charge in [0.05, 0.1) is 10.6 Å². The second-order valence-electron chi connectivity index (χ2n) is 4.57. The van der Waals surface area contributed by atoms with Gasteiger partial charge in [0.25, 0.3) is 0 Å². The van der Waals surface area contributed by atoms with E-state index in [1.807, 2.05) is 6.92 Å². The SMILES string of the molecule is CC(=O)Nc1ccc(OCc2nc(C)c(C(C)=O)s2)cc1. The molecule has 6 heteroatoms. The topological polar surface area (TPSA) is 68.3 Å². The van der Waals surface area contributed by atoms with Gasteiger partial charge in [-0.05, 0) is 31.2 Å². The molecule has 0 spiro atoms. The maximum Gasteiger partial charge on any atom is 0.221 e. The molecule has 21 heavy (non-hydrogen) atoms. The Morgan fingerprint density at radius 3 is 2.43 bits per heavy atom. The summed E-state index contributed by atoms with van der Waals surface area (Å²) < 4.78 is 5.62. The van der Waals surface area contributed by atoms with Gasteiger partial charge >= 0.3 is 0 Å². The third kappa shape index (κ3) is 4.13. The molecule has 2 aromatic rings. The van der Waals surface area contributed by atoms with Gasteiger partial charge in [-0.1, -0.05) is 0 Å². The first kappa shape index (κ1) is 15.2. The van der Waals surface area contributed by atoms with Crippen LogP contribution in [-0.4, -0.2) is 16.7 Å². The number of ether oxygens (including phenoxy) is 1. The summed E-state index contributed by atoms with van der Waals surface area (Å²) in [4.78, 5) is 27.3.